The van der Waals surface area contributed by atoms with Crippen LogP contribution in [0.25, 0.3) is 10.9 Å². The number of fused-ring (bicyclic) bond motifs is 1. The highest BCUT2D eigenvalue weighted by atomic mass is 16.5. The molecule has 1 heterocycles. The molecular weight excluding hydrogens is 186 g/mol. The molecule has 0 saturated carbocycles. The summed E-state index contributed by atoms with van der Waals surface area (Å²) >= 11 is 0. The fraction of sp³-hybridized carbons (Fsp3) is 0.385. The second-order valence-electron chi connectivity index (χ2n) is 3.90. The summed E-state index contributed by atoms with van der Waals surface area (Å²) in [6, 6.07) is 6.40. The van der Waals surface area contributed by atoms with Crippen LogP contribution in [0.4, 0.5) is 0 Å². The molecule has 2 nitrogen and oxygen atoms in total. The van der Waals surface area contributed by atoms with Crippen molar-refractivity contribution in [3.63, 3.8) is 0 Å². The Hall–Kier alpha value is -1.44. The quantitative estimate of drug-likeness (QED) is 0.731. The van der Waals surface area contributed by atoms with Crippen LogP contribution in [0.3, 0.4) is 0 Å². The minimum absolute atomic E-state index is 0.720. The predicted molar refractivity (Wildman–Crippen MR) is 63.6 cm³/mol. The Morgan fingerprint density at radius 3 is 2.67 bits per heavy atom. The van der Waals surface area contributed by atoms with E-state index in [1.54, 1.807) is 0 Å². The molecule has 1 aromatic carbocycles. The lowest BCUT2D eigenvalue weighted by atomic mass is 10.1. The Kier molecular flexibility index (Phi) is 2.43. The normalized spacial score (nSPS) is 10.9. The van der Waals surface area contributed by atoms with Gasteiger partial charge < -0.3 is 9.30 Å². The molecule has 15 heavy (non-hydrogen) atoms. The van der Waals surface area contributed by atoms with Gasteiger partial charge in [-0.05, 0) is 39.0 Å². The molecule has 0 N–H and O–H groups in total. The van der Waals surface area contributed by atoms with E-state index in [1.165, 1.54) is 22.2 Å². The van der Waals surface area contributed by atoms with Gasteiger partial charge in [-0.15, -0.1) is 0 Å². The van der Waals surface area contributed by atoms with Crippen LogP contribution >= 0.6 is 0 Å². The van der Waals surface area contributed by atoms with Crippen LogP contribution in [0.15, 0.2) is 18.2 Å². The summed E-state index contributed by atoms with van der Waals surface area (Å²) in [4.78, 5) is 0. The predicted octanol–water partition coefficient (Wildman–Crippen LogP) is 3.19. The van der Waals surface area contributed by atoms with E-state index < -0.39 is 0 Å². The fourth-order valence-electron chi connectivity index (χ4n) is 1.98. The van der Waals surface area contributed by atoms with Gasteiger partial charge in [-0.2, -0.15) is 0 Å². The Morgan fingerprint density at radius 1 is 1.27 bits per heavy atom. The summed E-state index contributed by atoms with van der Waals surface area (Å²) in [6.07, 6.45) is 0. The Bertz CT molecular complexity index is 497. The number of hydrogen-bond acceptors (Lipinski definition) is 1. The third-order valence-corrected chi connectivity index (χ3v) is 2.99. The summed E-state index contributed by atoms with van der Waals surface area (Å²) in [5.41, 5.74) is 3.79. The third-order valence-electron chi connectivity index (χ3n) is 2.99. The van der Waals surface area contributed by atoms with Crippen molar-refractivity contribution in [1.82, 2.24) is 4.57 Å². The van der Waals surface area contributed by atoms with Gasteiger partial charge in [0.25, 0.3) is 0 Å². The SMILES string of the molecule is CCOc1ccc2c(cc(C)n2C)c1C. The molecule has 2 aromatic rings. The average molecular weight is 203 g/mol. The van der Waals surface area contributed by atoms with E-state index in [4.69, 9.17) is 4.74 Å². The largest absolute Gasteiger partial charge is 0.494 e. The lowest BCUT2D eigenvalue weighted by Crippen LogP contribution is -1.94. The van der Waals surface area contributed by atoms with Gasteiger partial charge in [-0.25, -0.2) is 0 Å². The Labute approximate surface area is 90.5 Å². The van der Waals surface area contributed by atoms with Gasteiger partial charge in [0.05, 0.1) is 6.61 Å². The van der Waals surface area contributed by atoms with Crippen LogP contribution in [0, 0.1) is 13.8 Å². The van der Waals surface area contributed by atoms with Crippen LogP contribution in [0.1, 0.15) is 18.2 Å². The monoisotopic (exact) mass is 203 g/mol. The lowest BCUT2D eigenvalue weighted by Gasteiger charge is -2.08. The average Bonchev–Trinajstić information content (AvgIpc) is 2.50. The van der Waals surface area contributed by atoms with Crippen molar-refractivity contribution in [2.24, 2.45) is 7.05 Å². The molecule has 1 aromatic heterocycles. The summed E-state index contributed by atoms with van der Waals surface area (Å²) in [5.74, 6) is 0.996. The fourth-order valence-corrected chi connectivity index (χ4v) is 1.98. The van der Waals surface area contributed by atoms with Crippen LogP contribution in [0.2, 0.25) is 0 Å². The number of nitrogens with zero attached hydrogens (tertiary/aromatic N) is 1. The van der Waals surface area contributed by atoms with Gasteiger partial charge >= 0.3 is 0 Å². The van der Waals surface area contributed by atoms with E-state index in [9.17, 15) is 0 Å². The molecule has 2 rings (SSSR count). The maximum Gasteiger partial charge on any atom is 0.122 e. The van der Waals surface area contributed by atoms with Crippen molar-refractivity contribution >= 4 is 10.9 Å². The molecule has 0 saturated heterocycles. The standard InChI is InChI=1S/C13H17NO/c1-5-15-13-7-6-12-11(10(13)3)8-9(2)14(12)4/h6-8H,5H2,1-4H3. The number of aryl methyl sites for hydroxylation is 3. The Morgan fingerprint density at radius 2 is 2.00 bits per heavy atom. The summed E-state index contributed by atoms with van der Waals surface area (Å²) in [5, 5.41) is 1.29. The second kappa shape index (κ2) is 3.61. The van der Waals surface area contributed by atoms with Crippen molar-refractivity contribution in [1.29, 1.82) is 0 Å². The zero-order valence-corrected chi connectivity index (χ0v) is 9.79. The molecule has 0 spiro atoms. The first-order chi connectivity index (χ1) is 7.15. The first-order valence-electron chi connectivity index (χ1n) is 5.33. The minimum atomic E-state index is 0.720. The van der Waals surface area contributed by atoms with Crippen molar-refractivity contribution in [3.8, 4) is 5.75 Å². The molecule has 0 unspecified atom stereocenters. The number of hydrogen-bond donors (Lipinski definition) is 0. The van der Waals surface area contributed by atoms with E-state index in [0.717, 1.165) is 12.4 Å². The van der Waals surface area contributed by atoms with Crippen molar-refractivity contribution in [2.45, 2.75) is 20.8 Å². The van der Waals surface area contributed by atoms with E-state index in [0.29, 0.717) is 0 Å². The number of aromatic nitrogens is 1. The van der Waals surface area contributed by atoms with Gasteiger partial charge in [0, 0.05) is 29.2 Å². The molecule has 0 fully saturated rings. The molecule has 2 heteroatoms. The van der Waals surface area contributed by atoms with E-state index >= 15 is 0 Å². The molecular formula is C13H17NO. The number of ether oxygens (including phenoxy) is 1. The molecule has 0 bridgehead atoms. The van der Waals surface area contributed by atoms with Crippen molar-refractivity contribution in [3.05, 3.63) is 29.5 Å². The zero-order chi connectivity index (χ0) is 11.0. The third kappa shape index (κ3) is 1.50. The van der Waals surface area contributed by atoms with Crippen LogP contribution < -0.4 is 4.74 Å². The van der Waals surface area contributed by atoms with Gasteiger partial charge in [0.2, 0.25) is 0 Å². The highest BCUT2D eigenvalue weighted by Crippen LogP contribution is 2.29. The zero-order valence-electron chi connectivity index (χ0n) is 9.79. The summed E-state index contributed by atoms with van der Waals surface area (Å²) < 4.78 is 7.79. The Balaban J connectivity index is 2.68. The first-order valence-corrected chi connectivity index (χ1v) is 5.33. The molecule has 0 amide bonds. The van der Waals surface area contributed by atoms with Crippen molar-refractivity contribution in [2.75, 3.05) is 6.61 Å². The maximum atomic E-state index is 5.58. The van der Waals surface area contributed by atoms with Gasteiger partial charge in [0.1, 0.15) is 5.75 Å². The topological polar surface area (TPSA) is 14.2 Å². The highest BCUT2D eigenvalue weighted by molar-refractivity contribution is 5.86. The highest BCUT2D eigenvalue weighted by Gasteiger charge is 2.08. The minimum Gasteiger partial charge on any atom is -0.494 e. The van der Waals surface area contributed by atoms with Crippen molar-refractivity contribution < 1.29 is 4.74 Å². The van der Waals surface area contributed by atoms with Gasteiger partial charge in [-0.1, -0.05) is 0 Å². The lowest BCUT2D eigenvalue weighted by molar-refractivity contribution is 0.338. The van der Waals surface area contributed by atoms with Gasteiger partial charge in [0.15, 0.2) is 0 Å². The summed E-state index contributed by atoms with van der Waals surface area (Å²) in [6.45, 7) is 6.98. The molecule has 0 aliphatic rings. The molecule has 80 valence electrons. The second-order valence-corrected chi connectivity index (χ2v) is 3.90. The maximum absolute atomic E-state index is 5.58. The van der Waals surface area contributed by atoms with Gasteiger partial charge in [-0.3, -0.25) is 0 Å². The van der Waals surface area contributed by atoms with E-state index in [-0.39, 0.29) is 0 Å². The summed E-state index contributed by atoms with van der Waals surface area (Å²) in [7, 11) is 2.09. The van der Waals surface area contributed by atoms with Crippen LogP contribution in [-0.4, -0.2) is 11.2 Å². The van der Waals surface area contributed by atoms with E-state index in [2.05, 4.69) is 43.7 Å². The molecule has 0 aliphatic heterocycles. The molecule has 0 radical (unpaired) electrons. The number of rotatable bonds is 2. The molecule has 0 aliphatic carbocycles. The van der Waals surface area contributed by atoms with E-state index in [1.807, 2.05) is 6.92 Å². The number of benzene rings is 1. The van der Waals surface area contributed by atoms with Crippen LogP contribution in [-0.2, 0) is 7.05 Å². The molecule has 0 atom stereocenters. The smallest absolute Gasteiger partial charge is 0.122 e. The van der Waals surface area contributed by atoms with Crippen LogP contribution in [0.5, 0.6) is 5.75 Å². The first kappa shape index (κ1) is 10.1.